The average Bonchev–Trinajstić information content (AvgIpc) is 3.32. The maximum Gasteiger partial charge on any atom is 0.250 e. The number of nitrogens with one attached hydrogen (secondary N) is 1. The summed E-state index contributed by atoms with van der Waals surface area (Å²) >= 11 is 5.70. The molecule has 31 heavy (non-hydrogen) atoms. The number of rotatable bonds is 4. The summed E-state index contributed by atoms with van der Waals surface area (Å²) in [6, 6.07) is 15.0. The fourth-order valence-electron chi connectivity index (χ4n) is 3.96. The molecule has 0 bridgehead atoms. The molecule has 1 amide bonds. The highest BCUT2D eigenvalue weighted by atomic mass is 32.1. The van der Waals surface area contributed by atoms with E-state index in [0.29, 0.717) is 23.4 Å². The lowest BCUT2D eigenvalue weighted by Gasteiger charge is -2.37. The summed E-state index contributed by atoms with van der Waals surface area (Å²) in [6.07, 6.45) is 5.07. The van der Waals surface area contributed by atoms with Gasteiger partial charge in [-0.15, -0.1) is 0 Å². The third-order valence-corrected chi connectivity index (χ3v) is 6.02. The quantitative estimate of drug-likeness (QED) is 0.501. The maximum atomic E-state index is 13.7. The van der Waals surface area contributed by atoms with E-state index in [1.54, 1.807) is 23.3 Å². The summed E-state index contributed by atoms with van der Waals surface area (Å²) in [5, 5.41) is 7.59. The number of H-pyrrole nitrogens is 1. The van der Waals surface area contributed by atoms with Crippen LogP contribution in [0.2, 0.25) is 0 Å². The van der Waals surface area contributed by atoms with Crippen molar-refractivity contribution in [2.24, 2.45) is 0 Å². The van der Waals surface area contributed by atoms with Gasteiger partial charge in [-0.2, -0.15) is 5.10 Å². The predicted octanol–water partition coefficient (Wildman–Crippen LogP) is 2.82. The third-order valence-electron chi connectivity index (χ3n) is 5.59. The van der Waals surface area contributed by atoms with E-state index in [-0.39, 0.29) is 5.91 Å². The highest BCUT2D eigenvalue weighted by Gasteiger charge is 2.30. The number of aromatic nitrogens is 5. The average molecular weight is 432 g/mol. The molecular weight excluding hydrogens is 410 g/mol. The van der Waals surface area contributed by atoms with Gasteiger partial charge in [0.25, 0.3) is 0 Å². The number of pyridine rings is 1. The number of anilines is 1. The van der Waals surface area contributed by atoms with Crippen LogP contribution in [-0.4, -0.2) is 61.7 Å². The van der Waals surface area contributed by atoms with Gasteiger partial charge in [0.15, 0.2) is 5.65 Å². The Labute approximate surface area is 184 Å². The van der Waals surface area contributed by atoms with Crippen molar-refractivity contribution in [1.82, 2.24) is 29.6 Å². The number of hydrogen-bond acceptors (Lipinski definition) is 6. The first-order valence-corrected chi connectivity index (χ1v) is 10.5. The molecule has 4 aromatic rings. The van der Waals surface area contributed by atoms with Gasteiger partial charge in [-0.25, -0.2) is 9.97 Å². The minimum absolute atomic E-state index is 0.00705. The summed E-state index contributed by atoms with van der Waals surface area (Å²) < 4.78 is 2.31. The van der Waals surface area contributed by atoms with E-state index in [9.17, 15) is 4.79 Å². The van der Waals surface area contributed by atoms with Gasteiger partial charge < -0.3 is 14.4 Å². The lowest BCUT2D eigenvalue weighted by molar-refractivity contribution is -0.133. The maximum absolute atomic E-state index is 13.7. The van der Waals surface area contributed by atoms with E-state index in [2.05, 4.69) is 25.1 Å². The van der Waals surface area contributed by atoms with Crippen LogP contribution in [0.5, 0.6) is 0 Å². The van der Waals surface area contributed by atoms with Crippen LogP contribution in [0.1, 0.15) is 11.6 Å². The standard InChI is InChI=1S/C22H21N7OS/c30-21(28-12-10-27(11-13-28)18-8-4-5-9-23-18)19(16-6-2-1-3-7-16)29-15-24-20-17(22(29)31)14-25-26-20/h1-9,14-15,19H,10-13H2,(H,25,26). The van der Waals surface area contributed by atoms with Crippen LogP contribution in [0, 0.1) is 4.64 Å². The smallest absolute Gasteiger partial charge is 0.250 e. The summed E-state index contributed by atoms with van der Waals surface area (Å²) in [5.41, 5.74) is 1.49. The zero-order chi connectivity index (χ0) is 21.2. The van der Waals surface area contributed by atoms with Crippen molar-refractivity contribution >= 4 is 35.0 Å². The van der Waals surface area contributed by atoms with Gasteiger partial charge in [0.05, 0.1) is 17.9 Å². The van der Waals surface area contributed by atoms with Crippen LogP contribution in [0.3, 0.4) is 0 Å². The number of nitrogens with zero attached hydrogens (tertiary/aromatic N) is 6. The van der Waals surface area contributed by atoms with Crippen LogP contribution in [-0.2, 0) is 4.79 Å². The van der Waals surface area contributed by atoms with E-state index < -0.39 is 6.04 Å². The fourth-order valence-corrected chi connectivity index (χ4v) is 4.26. The molecule has 8 nitrogen and oxygen atoms in total. The second-order valence-corrected chi connectivity index (χ2v) is 7.79. The number of benzene rings is 1. The van der Waals surface area contributed by atoms with Crippen molar-refractivity contribution in [1.29, 1.82) is 0 Å². The molecule has 1 aliphatic heterocycles. The Morgan fingerprint density at radius 2 is 1.77 bits per heavy atom. The van der Waals surface area contributed by atoms with Crippen molar-refractivity contribution in [2.45, 2.75) is 6.04 Å². The molecule has 1 aromatic carbocycles. The molecule has 1 unspecified atom stereocenters. The molecule has 1 atom stereocenters. The first-order chi connectivity index (χ1) is 15.2. The number of hydrogen-bond donors (Lipinski definition) is 1. The van der Waals surface area contributed by atoms with E-state index >= 15 is 0 Å². The first-order valence-electron chi connectivity index (χ1n) is 10.1. The van der Waals surface area contributed by atoms with Crippen molar-refractivity contribution in [3.05, 3.63) is 77.5 Å². The second kappa shape index (κ2) is 8.27. The molecule has 3 aromatic heterocycles. The van der Waals surface area contributed by atoms with Crippen molar-refractivity contribution in [3.63, 3.8) is 0 Å². The van der Waals surface area contributed by atoms with Crippen molar-refractivity contribution in [3.8, 4) is 0 Å². The number of carbonyl (C=O) groups is 1. The van der Waals surface area contributed by atoms with Crippen LogP contribution in [0.4, 0.5) is 5.82 Å². The van der Waals surface area contributed by atoms with Gasteiger partial charge in [-0.05, 0) is 17.7 Å². The topological polar surface area (TPSA) is 82.9 Å². The first kappa shape index (κ1) is 19.4. The highest BCUT2D eigenvalue weighted by molar-refractivity contribution is 7.71. The van der Waals surface area contributed by atoms with E-state index in [4.69, 9.17) is 12.2 Å². The Bertz CT molecular complexity index is 1250. The minimum atomic E-state index is -0.582. The molecule has 1 aliphatic rings. The monoisotopic (exact) mass is 431 g/mol. The zero-order valence-corrected chi connectivity index (χ0v) is 17.6. The third kappa shape index (κ3) is 3.68. The Morgan fingerprint density at radius 3 is 2.52 bits per heavy atom. The van der Waals surface area contributed by atoms with Crippen molar-refractivity contribution < 1.29 is 4.79 Å². The summed E-state index contributed by atoms with van der Waals surface area (Å²) in [6.45, 7) is 2.70. The molecule has 4 heterocycles. The molecule has 1 fully saturated rings. The molecule has 1 N–H and O–H groups in total. The molecule has 156 valence electrons. The minimum Gasteiger partial charge on any atom is -0.353 e. The number of amides is 1. The molecule has 9 heteroatoms. The molecule has 0 radical (unpaired) electrons. The number of aromatic amines is 1. The van der Waals surface area contributed by atoms with Gasteiger partial charge in [-0.1, -0.05) is 48.6 Å². The van der Waals surface area contributed by atoms with Gasteiger partial charge >= 0.3 is 0 Å². The fraction of sp³-hybridized carbons (Fsp3) is 0.227. The van der Waals surface area contributed by atoms with Gasteiger partial charge in [0.2, 0.25) is 5.91 Å². The Hall–Kier alpha value is -3.59. The lowest BCUT2D eigenvalue weighted by atomic mass is 10.0. The van der Waals surface area contributed by atoms with Gasteiger partial charge in [0, 0.05) is 32.4 Å². The number of piperazine rings is 1. The van der Waals surface area contributed by atoms with E-state index in [0.717, 1.165) is 29.9 Å². The van der Waals surface area contributed by atoms with Crippen LogP contribution in [0.25, 0.3) is 11.0 Å². The molecule has 5 rings (SSSR count). The van der Waals surface area contributed by atoms with Gasteiger partial charge in [-0.3, -0.25) is 9.89 Å². The number of fused-ring (bicyclic) bond motifs is 1. The van der Waals surface area contributed by atoms with Gasteiger partial charge in [0.1, 0.15) is 16.5 Å². The second-order valence-electron chi connectivity index (χ2n) is 7.40. The molecule has 1 saturated heterocycles. The molecule has 0 aliphatic carbocycles. The Balaban J connectivity index is 1.45. The Morgan fingerprint density at radius 1 is 1.00 bits per heavy atom. The lowest BCUT2D eigenvalue weighted by Crippen LogP contribution is -2.51. The molecular formula is C22H21N7OS. The zero-order valence-electron chi connectivity index (χ0n) is 16.8. The van der Waals surface area contributed by atoms with Crippen LogP contribution < -0.4 is 4.90 Å². The van der Waals surface area contributed by atoms with Crippen LogP contribution in [0.15, 0.2) is 67.3 Å². The van der Waals surface area contributed by atoms with E-state index in [1.807, 2.05) is 53.4 Å². The van der Waals surface area contributed by atoms with Crippen molar-refractivity contribution in [2.75, 3.05) is 31.1 Å². The Kier molecular flexibility index (Phi) is 5.17. The highest BCUT2D eigenvalue weighted by Crippen LogP contribution is 2.25. The normalized spacial score (nSPS) is 15.2. The largest absolute Gasteiger partial charge is 0.353 e. The molecule has 0 spiro atoms. The predicted molar refractivity (Wildman–Crippen MR) is 120 cm³/mol. The summed E-state index contributed by atoms with van der Waals surface area (Å²) in [7, 11) is 0. The van der Waals surface area contributed by atoms with E-state index in [1.165, 1.54) is 0 Å². The van der Waals surface area contributed by atoms with Crippen LogP contribution >= 0.6 is 12.2 Å². The molecule has 0 saturated carbocycles. The SMILES string of the molecule is O=C(C(c1ccccc1)n1cnc2[nH]ncc2c1=S)N1CCN(c2ccccn2)CC1. The number of carbonyl (C=O) groups excluding carboxylic acids is 1. The summed E-state index contributed by atoms with van der Waals surface area (Å²) in [5.74, 6) is 0.943. The summed E-state index contributed by atoms with van der Waals surface area (Å²) in [4.78, 5) is 26.7.